The first kappa shape index (κ1) is 23.6. The number of nitrogens with zero attached hydrogens (tertiary/aromatic N) is 2. The molecule has 2 aliphatic heterocycles. The molecule has 3 rings (SSSR count). The Morgan fingerprint density at radius 1 is 1.16 bits per heavy atom. The largest absolute Gasteiger partial charge is 0.490 e. The van der Waals surface area contributed by atoms with E-state index in [2.05, 4.69) is 4.74 Å². The lowest BCUT2D eigenvalue weighted by molar-refractivity contribution is -0.143. The minimum Gasteiger partial charge on any atom is -0.490 e. The minimum absolute atomic E-state index is 0.204. The van der Waals surface area contributed by atoms with E-state index in [0.29, 0.717) is 50.0 Å². The highest BCUT2D eigenvalue weighted by molar-refractivity contribution is 8.18. The van der Waals surface area contributed by atoms with Crippen LogP contribution in [0.3, 0.4) is 0 Å². The van der Waals surface area contributed by atoms with Crippen molar-refractivity contribution in [1.82, 2.24) is 9.80 Å². The molecule has 32 heavy (non-hydrogen) atoms. The van der Waals surface area contributed by atoms with Crippen LogP contribution in [0.15, 0.2) is 23.1 Å². The van der Waals surface area contributed by atoms with Gasteiger partial charge in [0, 0.05) is 13.1 Å². The van der Waals surface area contributed by atoms with Crippen LogP contribution in [0, 0.1) is 0 Å². The van der Waals surface area contributed by atoms with Crippen molar-refractivity contribution < 1.29 is 38.1 Å². The third-order valence-electron chi connectivity index (χ3n) is 4.67. The first-order chi connectivity index (χ1) is 15.4. The maximum absolute atomic E-state index is 12.7. The van der Waals surface area contributed by atoms with Gasteiger partial charge in [-0.05, 0) is 42.5 Å². The number of carbonyl (C=O) groups is 4. The third-order valence-corrected chi connectivity index (χ3v) is 5.58. The number of amides is 3. The van der Waals surface area contributed by atoms with Crippen molar-refractivity contribution in [2.75, 3.05) is 53.2 Å². The standard InChI is InChI=1S/C21H24N2O8S/c1-3-30-16-10-14(4-5-15(16)31-13-19(25)28-2)11-17-20(26)23(21(27)32-17)12-18(24)22-6-8-29-9-7-22/h4-5,10-11H,3,6-9,12-13H2,1-2H3/b17-11+. The van der Waals surface area contributed by atoms with Gasteiger partial charge in [-0.15, -0.1) is 0 Å². The molecule has 0 bridgehead atoms. The van der Waals surface area contributed by atoms with Crippen LogP contribution in [0.1, 0.15) is 12.5 Å². The zero-order valence-corrected chi connectivity index (χ0v) is 18.6. The van der Waals surface area contributed by atoms with E-state index < -0.39 is 17.1 Å². The van der Waals surface area contributed by atoms with Crippen LogP contribution in [-0.4, -0.2) is 86.0 Å². The summed E-state index contributed by atoms with van der Waals surface area (Å²) in [6.07, 6.45) is 1.55. The Balaban J connectivity index is 1.72. The summed E-state index contributed by atoms with van der Waals surface area (Å²) < 4.78 is 20.8. The number of methoxy groups -OCH3 is 1. The smallest absolute Gasteiger partial charge is 0.343 e. The highest BCUT2D eigenvalue weighted by atomic mass is 32.2. The van der Waals surface area contributed by atoms with Crippen molar-refractivity contribution in [2.45, 2.75) is 6.92 Å². The fourth-order valence-electron chi connectivity index (χ4n) is 3.03. The van der Waals surface area contributed by atoms with E-state index in [9.17, 15) is 19.2 Å². The summed E-state index contributed by atoms with van der Waals surface area (Å²) >= 11 is 0.776. The molecule has 0 aliphatic carbocycles. The van der Waals surface area contributed by atoms with Crippen molar-refractivity contribution >= 4 is 40.9 Å². The first-order valence-electron chi connectivity index (χ1n) is 10.00. The number of benzene rings is 1. The van der Waals surface area contributed by atoms with Gasteiger partial charge in [-0.3, -0.25) is 19.3 Å². The number of carbonyl (C=O) groups excluding carboxylic acids is 4. The van der Waals surface area contributed by atoms with Crippen molar-refractivity contribution in [1.29, 1.82) is 0 Å². The third kappa shape index (κ3) is 5.80. The maximum Gasteiger partial charge on any atom is 0.343 e. The van der Waals surface area contributed by atoms with Crippen molar-refractivity contribution in [3.8, 4) is 11.5 Å². The minimum atomic E-state index is -0.531. The summed E-state index contributed by atoms with van der Waals surface area (Å²) in [5.74, 6) is -0.615. The Kier molecular flexibility index (Phi) is 8.12. The fourth-order valence-corrected chi connectivity index (χ4v) is 3.87. The number of imide groups is 1. The zero-order chi connectivity index (χ0) is 23.1. The zero-order valence-electron chi connectivity index (χ0n) is 17.8. The normalized spacial score (nSPS) is 17.6. The van der Waals surface area contributed by atoms with E-state index in [1.807, 2.05) is 0 Å². The molecule has 1 aromatic rings. The Morgan fingerprint density at radius 2 is 1.91 bits per heavy atom. The van der Waals surface area contributed by atoms with Gasteiger partial charge in [0.05, 0.1) is 31.8 Å². The van der Waals surface area contributed by atoms with Gasteiger partial charge in [0.1, 0.15) is 6.54 Å². The van der Waals surface area contributed by atoms with E-state index in [0.717, 1.165) is 16.7 Å². The Hall–Kier alpha value is -3.05. The van der Waals surface area contributed by atoms with Gasteiger partial charge in [-0.1, -0.05) is 6.07 Å². The quantitative estimate of drug-likeness (QED) is 0.418. The molecular weight excluding hydrogens is 440 g/mol. The van der Waals surface area contributed by atoms with Crippen LogP contribution in [0.5, 0.6) is 11.5 Å². The molecule has 2 aliphatic rings. The predicted molar refractivity (Wildman–Crippen MR) is 115 cm³/mol. The number of hydrogen-bond acceptors (Lipinski definition) is 9. The van der Waals surface area contributed by atoms with Gasteiger partial charge in [0.2, 0.25) is 5.91 Å². The molecule has 0 spiro atoms. The van der Waals surface area contributed by atoms with E-state index in [-0.39, 0.29) is 24.0 Å². The summed E-state index contributed by atoms with van der Waals surface area (Å²) in [5, 5.41) is -0.495. The second kappa shape index (κ2) is 11.0. The SMILES string of the molecule is CCOc1cc(/C=C2/SC(=O)N(CC(=O)N3CCOCC3)C2=O)ccc1OCC(=O)OC. The molecule has 2 heterocycles. The molecule has 1 aromatic carbocycles. The van der Waals surface area contributed by atoms with Crippen molar-refractivity contribution in [2.24, 2.45) is 0 Å². The summed E-state index contributed by atoms with van der Waals surface area (Å²) in [5.41, 5.74) is 0.601. The van der Waals surface area contributed by atoms with Gasteiger partial charge in [-0.25, -0.2) is 4.79 Å². The Labute approximate surface area is 189 Å². The van der Waals surface area contributed by atoms with Crippen LogP contribution in [0.4, 0.5) is 4.79 Å². The number of hydrogen-bond donors (Lipinski definition) is 0. The molecule has 172 valence electrons. The fraction of sp³-hybridized carbons (Fsp3) is 0.429. The van der Waals surface area contributed by atoms with Crippen LogP contribution >= 0.6 is 11.8 Å². The molecule has 0 saturated carbocycles. The molecule has 0 N–H and O–H groups in total. The van der Waals surface area contributed by atoms with E-state index in [1.165, 1.54) is 7.11 Å². The second-order valence-electron chi connectivity index (χ2n) is 6.77. The van der Waals surface area contributed by atoms with E-state index in [4.69, 9.17) is 14.2 Å². The maximum atomic E-state index is 12.7. The number of thioether (sulfide) groups is 1. The lowest BCUT2D eigenvalue weighted by Crippen LogP contribution is -2.46. The average molecular weight is 464 g/mol. The first-order valence-corrected chi connectivity index (χ1v) is 10.8. The highest BCUT2D eigenvalue weighted by Crippen LogP contribution is 2.34. The summed E-state index contributed by atoms with van der Waals surface area (Å²) in [6.45, 7) is 3.35. The van der Waals surface area contributed by atoms with Gasteiger partial charge in [-0.2, -0.15) is 0 Å². The monoisotopic (exact) mass is 464 g/mol. The molecule has 0 unspecified atom stereocenters. The molecule has 10 nitrogen and oxygen atoms in total. The Morgan fingerprint density at radius 3 is 2.59 bits per heavy atom. The van der Waals surface area contributed by atoms with Crippen molar-refractivity contribution in [3.63, 3.8) is 0 Å². The van der Waals surface area contributed by atoms with Gasteiger partial charge >= 0.3 is 5.97 Å². The molecule has 2 saturated heterocycles. The molecular formula is C21H24N2O8S. The predicted octanol–water partition coefficient (Wildman–Crippen LogP) is 1.53. The lowest BCUT2D eigenvalue weighted by atomic mass is 10.2. The number of morpholine rings is 1. The molecule has 3 amide bonds. The van der Waals surface area contributed by atoms with Gasteiger partial charge < -0.3 is 23.8 Å². The van der Waals surface area contributed by atoms with Crippen molar-refractivity contribution in [3.05, 3.63) is 28.7 Å². The van der Waals surface area contributed by atoms with E-state index >= 15 is 0 Å². The number of esters is 1. The van der Waals surface area contributed by atoms with Crippen LogP contribution in [-0.2, 0) is 23.9 Å². The summed E-state index contributed by atoms with van der Waals surface area (Å²) in [4.78, 5) is 51.6. The van der Waals surface area contributed by atoms with Crippen LogP contribution in [0.25, 0.3) is 6.08 Å². The van der Waals surface area contributed by atoms with Crippen LogP contribution in [0.2, 0.25) is 0 Å². The number of rotatable bonds is 8. The second-order valence-corrected chi connectivity index (χ2v) is 7.76. The molecule has 0 atom stereocenters. The highest BCUT2D eigenvalue weighted by Gasteiger charge is 2.37. The topological polar surface area (TPSA) is 112 Å². The molecule has 0 aromatic heterocycles. The van der Waals surface area contributed by atoms with Gasteiger partial charge in [0.15, 0.2) is 18.1 Å². The summed E-state index contributed by atoms with van der Waals surface area (Å²) in [6, 6.07) is 4.91. The average Bonchev–Trinajstić information content (AvgIpc) is 3.06. The lowest BCUT2D eigenvalue weighted by Gasteiger charge is -2.28. The number of ether oxygens (including phenoxy) is 4. The van der Waals surface area contributed by atoms with Gasteiger partial charge in [0.25, 0.3) is 11.1 Å². The van der Waals surface area contributed by atoms with Crippen LogP contribution < -0.4 is 9.47 Å². The molecule has 2 fully saturated rings. The Bertz CT molecular complexity index is 926. The van der Waals surface area contributed by atoms with E-state index in [1.54, 1.807) is 36.1 Å². The molecule has 0 radical (unpaired) electrons. The summed E-state index contributed by atoms with van der Waals surface area (Å²) in [7, 11) is 1.26. The molecule has 11 heteroatoms.